The summed E-state index contributed by atoms with van der Waals surface area (Å²) in [5.74, 6) is -1.01. The number of aryl methyl sites for hydroxylation is 1. The molecule has 0 saturated heterocycles. The Balaban J connectivity index is 1.78. The third-order valence-electron chi connectivity index (χ3n) is 4.92. The fraction of sp³-hybridized carbons (Fsp3) is 0.167. The summed E-state index contributed by atoms with van der Waals surface area (Å²) < 4.78 is 0. The number of nitro benzene ring substituents is 1. The van der Waals surface area contributed by atoms with Crippen molar-refractivity contribution >= 4 is 23.1 Å². The average molecular weight is 418 g/mol. The molecule has 0 aliphatic carbocycles. The van der Waals surface area contributed by atoms with Crippen LogP contribution >= 0.6 is 0 Å². The molecule has 0 heterocycles. The summed E-state index contributed by atoms with van der Waals surface area (Å²) >= 11 is 0. The predicted octanol–water partition coefficient (Wildman–Crippen LogP) is 5.04. The molecule has 0 fully saturated rings. The van der Waals surface area contributed by atoms with E-state index < -0.39 is 16.9 Å². The molecular weight excluding hydrogens is 396 g/mol. The number of ketones is 1. The lowest BCUT2D eigenvalue weighted by Gasteiger charge is -2.20. The Labute approximate surface area is 179 Å². The van der Waals surface area contributed by atoms with Crippen LogP contribution in [0.15, 0.2) is 78.9 Å². The first-order chi connectivity index (χ1) is 14.9. The Hall–Kier alpha value is -4.00. The Bertz CT molecular complexity index is 1060. The summed E-state index contributed by atoms with van der Waals surface area (Å²) in [5.41, 5.74) is 2.40. The van der Waals surface area contributed by atoms with E-state index in [1.165, 1.54) is 24.3 Å². The molecule has 3 aromatic carbocycles. The molecule has 0 aliphatic rings. The number of aromatic carboxylic acids is 1. The maximum Gasteiger partial charge on any atom is 0.335 e. The highest BCUT2D eigenvalue weighted by Crippen LogP contribution is 2.27. The first-order valence-electron chi connectivity index (χ1n) is 9.82. The number of nitrogens with zero attached hydrogens (tertiary/aromatic N) is 1. The number of carbonyl (C=O) groups excluding carboxylic acids is 1. The molecule has 3 rings (SSSR count). The zero-order chi connectivity index (χ0) is 22.2. The van der Waals surface area contributed by atoms with Crippen LogP contribution in [0.1, 0.15) is 40.4 Å². The zero-order valence-corrected chi connectivity index (χ0v) is 16.7. The quantitative estimate of drug-likeness (QED) is 0.353. The summed E-state index contributed by atoms with van der Waals surface area (Å²) in [6, 6.07) is 21.5. The first-order valence-corrected chi connectivity index (χ1v) is 9.82. The third-order valence-corrected chi connectivity index (χ3v) is 4.92. The Morgan fingerprint density at radius 2 is 1.68 bits per heavy atom. The SMILES string of the molecule is O=C(CCc1ccccc1)CC(Nc1ccc(C(=O)O)cc1)c1cccc([N+](=O)[O-])c1. The van der Waals surface area contributed by atoms with E-state index in [0.717, 1.165) is 5.56 Å². The van der Waals surface area contributed by atoms with Crippen molar-refractivity contribution in [2.75, 3.05) is 5.32 Å². The lowest BCUT2D eigenvalue weighted by Crippen LogP contribution is -2.16. The molecule has 31 heavy (non-hydrogen) atoms. The van der Waals surface area contributed by atoms with E-state index in [1.807, 2.05) is 30.3 Å². The maximum atomic E-state index is 12.7. The van der Waals surface area contributed by atoms with E-state index in [1.54, 1.807) is 24.3 Å². The Kier molecular flexibility index (Phi) is 7.11. The zero-order valence-electron chi connectivity index (χ0n) is 16.7. The van der Waals surface area contributed by atoms with Crippen molar-refractivity contribution < 1.29 is 19.6 Å². The van der Waals surface area contributed by atoms with Crippen molar-refractivity contribution in [2.45, 2.75) is 25.3 Å². The molecule has 0 spiro atoms. The number of hydrogen-bond acceptors (Lipinski definition) is 5. The van der Waals surface area contributed by atoms with Gasteiger partial charge in [-0.25, -0.2) is 4.79 Å². The summed E-state index contributed by atoms with van der Waals surface area (Å²) in [6.07, 6.45) is 1.12. The van der Waals surface area contributed by atoms with Crippen molar-refractivity contribution in [3.8, 4) is 0 Å². The van der Waals surface area contributed by atoms with Crippen LogP contribution in [0.2, 0.25) is 0 Å². The predicted molar refractivity (Wildman–Crippen MR) is 117 cm³/mol. The summed E-state index contributed by atoms with van der Waals surface area (Å²) in [5, 5.41) is 23.5. The molecule has 3 aromatic rings. The first kappa shape index (κ1) is 21.7. The summed E-state index contributed by atoms with van der Waals surface area (Å²) in [7, 11) is 0. The molecule has 2 N–H and O–H groups in total. The highest BCUT2D eigenvalue weighted by Gasteiger charge is 2.19. The number of carboxylic acid groups (broad SMARTS) is 1. The normalized spacial score (nSPS) is 11.5. The molecule has 7 nitrogen and oxygen atoms in total. The van der Waals surface area contributed by atoms with Gasteiger partial charge in [-0.2, -0.15) is 0 Å². The number of Topliss-reactive ketones (excluding diaryl/α,β-unsaturated/α-hetero) is 1. The monoisotopic (exact) mass is 418 g/mol. The molecule has 0 bridgehead atoms. The molecule has 0 amide bonds. The van der Waals surface area contributed by atoms with Crippen molar-refractivity contribution in [3.05, 3.63) is 106 Å². The van der Waals surface area contributed by atoms with Crippen molar-refractivity contribution in [1.82, 2.24) is 0 Å². The number of nitrogens with one attached hydrogen (secondary N) is 1. The van der Waals surface area contributed by atoms with Gasteiger partial charge in [-0.15, -0.1) is 0 Å². The highest BCUT2D eigenvalue weighted by atomic mass is 16.6. The molecule has 1 atom stereocenters. The number of hydrogen-bond donors (Lipinski definition) is 2. The third kappa shape index (κ3) is 6.24. The van der Waals surface area contributed by atoms with Crippen LogP contribution in [0.4, 0.5) is 11.4 Å². The van der Waals surface area contributed by atoms with E-state index in [2.05, 4.69) is 5.32 Å². The lowest BCUT2D eigenvalue weighted by atomic mass is 9.97. The smallest absolute Gasteiger partial charge is 0.335 e. The van der Waals surface area contributed by atoms with Gasteiger partial charge in [0.25, 0.3) is 5.69 Å². The number of nitro groups is 1. The number of non-ortho nitro benzene ring substituents is 1. The van der Waals surface area contributed by atoms with Gasteiger partial charge in [-0.3, -0.25) is 14.9 Å². The van der Waals surface area contributed by atoms with Gasteiger partial charge >= 0.3 is 5.97 Å². The molecule has 158 valence electrons. The second-order valence-electron chi connectivity index (χ2n) is 7.16. The number of rotatable bonds is 10. The van der Waals surface area contributed by atoms with Gasteiger partial charge in [0, 0.05) is 30.7 Å². The van der Waals surface area contributed by atoms with E-state index in [0.29, 0.717) is 24.1 Å². The Morgan fingerprint density at radius 3 is 2.32 bits per heavy atom. The minimum atomic E-state index is -1.03. The fourth-order valence-corrected chi connectivity index (χ4v) is 3.28. The molecule has 0 radical (unpaired) electrons. The van der Waals surface area contributed by atoms with Gasteiger partial charge in [0.1, 0.15) is 5.78 Å². The van der Waals surface area contributed by atoms with E-state index >= 15 is 0 Å². The van der Waals surface area contributed by atoms with Gasteiger partial charge < -0.3 is 10.4 Å². The van der Waals surface area contributed by atoms with Crippen LogP contribution in [0.25, 0.3) is 0 Å². The van der Waals surface area contributed by atoms with Crippen LogP contribution in [-0.2, 0) is 11.2 Å². The van der Waals surface area contributed by atoms with Gasteiger partial charge in [-0.1, -0.05) is 42.5 Å². The second-order valence-corrected chi connectivity index (χ2v) is 7.16. The van der Waals surface area contributed by atoms with E-state index in [9.17, 15) is 19.7 Å². The molecule has 0 aromatic heterocycles. The number of anilines is 1. The average Bonchev–Trinajstić information content (AvgIpc) is 2.78. The number of carbonyl (C=O) groups is 2. The number of carboxylic acids is 1. The topological polar surface area (TPSA) is 110 Å². The van der Waals surface area contributed by atoms with Gasteiger partial charge in [-0.05, 0) is 41.8 Å². The van der Waals surface area contributed by atoms with Crippen molar-refractivity contribution in [1.29, 1.82) is 0 Å². The minimum absolute atomic E-state index is 0.0232. The van der Waals surface area contributed by atoms with Crippen molar-refractivity contribution in [2.24, 2.45) is 0 Å². The maximum absolute atomic E-state index is 12.7. The van der Waals surface area contributed by atoms with Crippen LogP contribution in [-0.4, -0.2) is 21.8 Å². The van der Waals surface area contributed by atoms with Crippen LogP contribution in [0.5, 0.6) is 0 Å². The van der Waals surface area contributed by atoms with Gasteiger partial charge in [0.05, 0.1) is 16.5 Å². The lowest BCUT2D eigenvalue weighted by molar-refractivity contribution is -0.384. The van der Waals surface area contributed by atoms with Crippen molar-refractivity contribution in [3.63, 3.8) is 0 Å². The largest absolute Gasteiger partial charge is 0.478 e. The van der Waals surface area contributed by atoms with Crippen LogP contribution in [0, 0.1) is 10.1 Å². The van der Waals surface area contributed by atoms with E-state index in [-0.39, 0.29) is 23.5 Å². The summed E-state index contributed by atoms with van der Waals surface area (Å²) in [6.45, 7) is 0. The Morgan fingerprint density at radius 1 is 0.968 bits per heavy atom. The molecule has 0 aliphatic heterocycles. The minimum Gasteiger partial charge on any atom is -0.478 e. The summed E-state index contributed by atoms with van der Waals surface area (Å²) in [4.78, 5) is 34.5. The van der Waals surface area contributed by atoms with Gasteiger partial charge in [0.15, 0.2) is 0 Å². The van der Waals surface area contributed by atoms with Gasteiger partial charge in [0.2, 0.25) is 0 Å². The number of benzene rings is 3. The van der Waals surface area contributed by atoms with E-state index in [4.69, 9.17) is 5.11 Å². The standard InChI is InChI=1S/C24H22N2O5/c27-22(14-9-17-5-2-1-3-6-17)16-23(19-7-4-8-21(15-19)26(30)31)25-20-12-10-18(11-13-20)24(28)29/h1-8,10-13,15,23,25H,9,14,16H2,(H,28,29). The molecule has 0 saturated carbocycles. The van der Waals surface area contributed by atoms with Crippen LogP contribution < -0.4 is 5.32 Å². The van der Waals surface area contributed by atoms with Crippen LogP contribution in [0.3, 0.4) is 0 Å². The second kappa shape index (κ2) is 10.2. The fourth-order valence-electron chi connectivity index (χ4n) is 3.28. The highest BCUT2D eigenvalue weighted by molar-refractivity contribution is 5.88. The molecular formula is C24H22N2O5. The molecule has 7 heteroatoms. The molecule has 1 unspecified atom stereocenters.